The van der Waals surface area contributed by atoms with E-state index in [4.69, 9.17) is 22.1 Å². The first-order valence-corrected chi connectivity index (χ1v) is 5.56. The summed E-state index contributed by atoms with van der Waals surface area (Å²) in [5.41, 5.74) is 8.05. The Bertz CT molecular complexity index is 362. The lowest BCUT2D eigenvalue weighted by Crippen LogP contribution is -2.30. The van der Waals surface area contributed by atoms with Crippen LogP contribution in [0.2, 0.25) is 5.02 Å². The molecule has 1 aliphatic carbocycles. The summed E-state index contributed by atoms with van der Waals surface area (Å²) in [6.45, 7) is 4.62. The van der Waals surface area contributed by atoms with E-state index in [0.717, 1.165) is 34.7 Å². The predicted molar refractivity (Wildman–Crippen MR) is 62.6 cm³/mol. The lowest BCUT2D eigenvalue weighted by Gasteiger charge is -2.15. The first kappa shape index (κ1) is 10.8. The fourth-order valence-electron chi connectivity index (χ4n) is 1.65. The van der Waals surface area contributed by atoms with Gasteiger partial charge < -0.3 is 10.5 Å². The number of hydrogen-bond acceptors (Lipinski definition) is 2. The smallest absolute Gasteiger partial charge is 0.125 e. The average molecular weight is 226 g/mol. The van der Waals surface area contributed by atoms with Crippen LogP contribution in [-0.4, -0.2) is 12.1 Å². The zero-order chi connectivity index (χ0) is 11.1. The minimum absolute atomic E-state index is 0.0709. The zero-order valence-electron chi connectivity index (χ0n) is 9.14. The van der Waals surface area contributed by atoms with Crippen molar-refractivity contribution in [2.45, 2.75) is 32.2 Å². The molecule has 1 saturated carbocycles. The van der Waals surface area contributed by atoms with Crippen molar-refractivity contribution in [3.05, 3.63) is 28.3 Å². The van der Waals surface area contributed by atoms with E-state index in [9.17, 15) is 0 Å². The van der Waals surface area contributed by atoms with Gasteiger partial charge in [-0.25, -0.2) is 0 Å². The SMILES string of the molecule is Cc1cc(Cl)cc(C)c1OCC1(N)CC1. The summed E-state index contributed by atoms with van der Waals surface area (Å²) in [6.07, 6.45) is 2.14. The van der Waals surface area contributed by atoms with Crippen molar-refractivity contribution in [2.24, 2.45) is 5.73 Å². The Morgan fingerprint density at radius 3 is 2.33 bits per heavy atom. The summed E-state index contributed by atoms with van der Waals surface area (Å²) in [6, 6.07) is 3.83. The van der Waals surface area contributed by atoms with E-state index in [2.05, 4.69) is 0 Å². The average Bonchev–Trinajstić information content (AvgIpc) is 2.82. The van der Waals surface area contributed by atoms with Crippen molar-refractivity contribution < 1.29 is 4.74 Å². The molecule has 0 aromatic heterocycles. The Hall–Kier alpha value is -0.730. The van der Waals surface area contributed by atoms with Gasteiger partial charge in [0.05, 0.1) is 5.54 Å². The molecule has 0 atom stereocenters. The Kier molecular flexibility index (Phi) is 2.65. The third kappa shape index (κ3) is 2.44. The quantitative estimate of drug-likeness (QED) is 0.859. The van der Waals surface area contributed by atoms with Crippen LogP contribution < -0.4 is 10.5 Å². The van der Waals surface area contributed by atoms with Gasteiger partial charge in [-0.2, -0.15) is 0 Å². The highest BCUT2D eigenvalue weighted by atomic mass is 35.5. The molecular formula is C12H16ClNO. The molecule has 0 aliphatic heterocycles. The summed E-state index contributed by atoms with van der Waals surface area (Å²) >= 11 is 5.94. The van der Waals surface area contributed by atoms with E-state index in [0.29, 0.717) is 6.61 Å². The lowest BCUT2D eigenvalue weighted by molar-refractivity contribution is 0.276. The van der Waals surface area contributed by atoms with E-state index < -0.39 is 0 Å². The number of ether oxygens (including phenoxy) is 1. The van der Waals surface area contributed by atoms with E-state index >= 15 is 0 Å². The maximum atomic E-state index is 5.97. The second-order valence-corrected chi connectivity index (χ2v) is 4.96. The van der Waals surface area contributed by atoms with Crippen LogP contribution in [0.4, 0.5) is 0 Å². The van der Waals surface area contributed by atoms with Crippen molar-refractivity contribution in [3.8, 4) is 5.75 Å². The van der Waals surface area contributed by atoms with E-state index in [1.165, 1.54) is 0 Å². The molecule has 1 aromatic rings. The topological polar surface area (TPSA) is 35.2 Å². The number of benzene rings is 1. The van der Waals surface area contributed by atoms with Crippen LogP contribution >= 0.6 is 11.6 Å². The minimum atomic E-state index is -0.0709. The van der Waals surface area contributed by atoms with Gasteiger partial charge >= 0.3 is 0 Å². The van der Waals surface area contributed by atoms with Crippen LogP contribution in [0.25, 0.3) is 0 Å². The van der Waals surface area contributed by atoms with Gasteiger partial charge in [0.15, 0.2) is 0 Å². The highest BCUT2D eigenvalue weighted by molar-refractivity contribution is 6.30. The summed E-state index contributed by atoms with van der Waals surface area (Å²) in [5.74, 6) is 0.927. The van der Waals surface area contributed by atoms with Crippen molar-refractivity contribution in [1.82, 2.24) is 0 Å². The molecule has 0 spiro atoms. The molecule has 3 heteroatoms. The van der Waals surface area contributed by atoms with Crippen LogP contribution in [0.3, 0.4) is 0 Å². The summed E-state index contributed by atoms with van der Waals surface area (Å²) in [5, 5.41) is 0.756. The molecule has 0 unspecified atom stereocenters. The van der Waals surface area contributed by atoms with E-state index in [1.807, 2.05) is 26.0 Å². The number of aryl methyl sites for hydroxylation is 2. The fourth-order valence-corrected chi connectivity index (χ4v) is 1.97. The second-order valence-electron chi connectivity index (χ2n) is 4.52. The Morgan fingerprint density at radius 2 is 1.87 bits per heavy atom. The summed E-state index contributed by atoms with van der Waals surface area (Å²) < 4.78 is 5.77. The van der Waals surface area contributed by atoms with Gasteiger partial charge in [0.1, 0.15) is 12.4 Å². The van der Waals surface area contributed by atoms with Crippen LogP contribution in [-0.2, 0) is 0 Å². The van der Waals surface area contributed by atoms with Gasteiger partial charge in [0, 0.05) is 5.02 Å². The molecule has 82 valence electrons. The first-order valence-electron chi connectivity index (χ1n) is 5.19. The molecule has 15 heavy (non-hydrogen) atoms. The molecule has 2 rings (SSSR count). The first-order chi connectivity index (χ1) is 7.00. The standard InChI is InChI=1S/C12H16ClNO/c1-8-5-10(13)6-9(2)11(8)15-7-12(14)3-4-12/h5-6H,3-4,7,14H2,1-2H3. The number of hydrogen-bond donors (Lipinski definition) is 1. The number of rotatable bonds is 3. The molecule has 2 N–H and O–H groups in total. The molecule has 1 aliphatic rings. The minimum Gasteiger partial charge on any atom is -0.491 e. The molecule has 0 bridgehead atoms. The van der Waals surface area contributed by atoms with Gasteiger partial charge in [-0.3, -0.25) is 0 Å². The monoisotopic (exact) mass is 225 g/mol. The maximum absolute atomic E-state index is 5.97. The zero-order valence-corrected chi connectivity index (χ0v) is 9.90. The van der Waals surface area contributed by atoms with Gasteiger partial charge in [0.25, 0.3) is 0 Å². The van der Waals surface area contributed by atoms with Crippen LogP contribution in [0.15, 0.2) is 12.1 Å². The van der Waals surface area contributed by atoms with Crippen molar-refractivity contribution in [3.63, 3.8) is 0 Å². The van der Waals surface area contributed by atoms with Gasteiger partial charge in [0.2, 0.25) is 0 Å². The molecule has 0 saturated heterocycles. The molecule has 0 amide bonds. The molecule has 0 heterocycles. The van der Waals surface area contributed by atoms with Crippen LogP contribution in [0.1, 0.15) is 24.0 Å². The summed E-state index contributed by atoms with van der Waals surface area (Å²) in [4.78, 5) is 0. The highest BCUT2D eigenvalue weighted by Crippen LogP contribution is 2.34. The van der Waals surface area contributed by atoms with Crippen molar-refractivity contribution >= 4 is 11.6 Å². The number of nitrogens with two attached hydrogens (primary N) is 1. The Balaban J connectivity index is 2.13. The fraction of sp³-hybridized carbons (Fsp3) is 0.500. The highest BCUT2D eigenvalue weighted by Gasteiger charge is 2.39. The van der Waals surface area contributed by atoms with E-state index in [1.54, 1.807) is 0 Å². The maximum Gasteiger partial charge on any atom is 0.125 e. The van der Waals surface area contributed by atoms with Gasteiger partial charge in [-0.15, -0.1) is 0 Å². The second kappa shape index (κ2) is 3.69. The predicted octanol–water partition coefficient (Wildman–Crippen LogP) is 2.83. The van der Waals surface area contributed by atoms with Crippen LogP contribution in [0, 0.1) is 13.8 Å². The van der Waals surface area contributed by atoms with Crippen molar-refractivity contribution in [2.75, 3.05) is 6.61 Å². The molecular weight excluding hydrogens is 210 g/mol. The van der Waals surface area contributed by atoms with Gasteiger partial charge in [-0.1, -0.05) is 11.6 Å². The number of halogens is 1. The largest absolute Gasteiger partial charge is 0.491 e. The van der Waals surface area contributed by atoms with Gasteiger partial charge in [-0.05, 0) is 49.9 Å². The molecule has 1 fully saturated rings. The third-order valence-corrected chi connectivity index (χ3v) is 3.04. The van der Waals surface area contributed by atoms with E-state index in [-0.39, 0.29) is 5.54 Å². The Labute approximate surface area is 95.4 Å². The molecule has 0 radical (unpaired) electrons. The van der Waals surface area contributed by atoms with Crippen molar-refractivity contribution in [1.29, 1.82) is 0 Å². The van der Waals surface area contributed by atoms with Crippen LogP contribution in [0.5, 0.6) is 5.75 Å². The summed E-state index contributed by atoms with van der Waals surface area (Å²) in [7, 11) is 0. The third-order valence-electron chi connectivity index (χ3n) is 2.82. The molecule has 1 aromatic carbocycles. The molecule has 2 nitrogen and oxygen atoms in total. The lowest BCUT2D eigenvalue weighted by atomic mass is 10.1. The Morgan fingerprint density at radius 1 is 1.33 bits per heavy atom. The normalized spacial score (nSPS) is 17.6.